The fourth-order valence-corrected chi connectivity index (χ4v) is 2.64. The summed E-state index contributed by atoms with van der Waals surface area (Å²) in [6, 6.07) is 8.09. The number of aromatic nitrogens is 1. The van der Waals surface area contributed by atoms with E-state index in [0.717, 1.165) is 34.9 Å². The van der Waals surface area contributed by atoms with Gasteiger partial charge in [0, 0.05) is 24.1 Å². The van der Waals surface area contributed by atoms with Gasteiger partial charge in [-0.3, -0.25) is 0 Å². The smallest absolute Gasteiger partial charge is 0.165 e. The van der Waals surface area contributed by atoms with E-state index in [1.165, 1.54) is 12.8 Å². The van der Waals surface area contributed by atoms with Crippen molar-refractivity contribution in [2.45, 2.75) is 52.1 Å². The second-order valence-electron chi connectivity index (χ2n) is 6.12. The maximum absolute atomic E-state index is 5.92. The Kier molecular flexibility index (Phi) is 5.75. The van der Waals surface area contributed by atoms with Crippen molar-refractivity contribution in [3.63, 3.8) is 0 Å². The van der Waals surface area contributed by atoms with E-state index in [0.29, 0.717) is 32.2 Å². The van der Waals surface area contributed by atoms with Crippen LogP contribution < -0.4 is 14.8 Å². The van der Waals surface area contributed by atoms with Crippen LogP contribution in [0.15, 0.2) is 28.8 Å². The Labute approximate surface area is 143 Å². The zero-order valence-electron chi connectivity index (χ0n) is 14.5. The Morgan fingerprint density at radius 2 is 2.08 bits per heavy atom. The summed E-state index contributed by atoms with van der Waals surface area (Å²) in [6.45, 7) is 6.75. The van der Waals surface area contributed by atoms with Gasteiger partial charge in [-0.2, -0.15) is 0 Å². The van der Waals surface area contributed by atoms with Crippen LogP contribution in [0.4, 0.5) is 0 Å². The van der Waals surface area contributed by atoms with E-state index in [1.807, 2.05) is 19.1 Å². The molecule has 1 aliphatic rings. The van der Waals surface area contributed by atoms with Crippen LogP contribution >= 0.6 is 0 Å². The Morgan fingerprint density at radius 3 is 2.83 bits per heavy atom. The van der Waals surface area contributed by atoms with Crippen molar-refractivity contribution in [1.29, 1.82) is 0 Å². The van der Waals surface area contributed by atoms with E-state index < -0.39 is 0 Å². The minimum Gasteiger partial charge on any atom is -0.490 e. The third kappa shape index (κ3) is 4.29. The van der Waals surface area contributed by atoms with Gasteiger partial charge in [0.05, 0.1) is 25.5 Å². The second-order valence-corrected chi connectivity index (χ2v) is 6.12. The minimum absolute atomic E-state index is 0.624. The molecule has 0 amide bonds. The fourth-order valence-electron chi connectivity index (χ4n) is 2.64. The standard InChI is InChI=1S/C19H26N2O3/c1-3-10-23-19-15(6-5-7-18(19)22-4-2)12-20-13-16-11-17(21-24-16)14-8-9-14/h5-7,11,14,20H,3-4,8-10,12-13H2,1-2H3. The summed E-state index contributed by atoms with van der Waals surface area (Å²) in [4.78, 5) is 0. The lowest BCUT2D eigenvalue weighted by atomic mass is 10.1. The first kappa shape index (κ1) is 16.8. The molecular weight excluding hydrogens is 304 g/mol. The van der Waals surface area contributed by atoms with Crippen LogP contribution in [0.5, 0.6) is 11.5 Å². The van der Waals surface area contributed by atoms with Crippen molar-refractivity contribution in [1.82, 2.24) is 10.5 Å². The number of ether oxygens (including phenoxy) is 2. The Bertz CT molecular complexity index is 650. The first-order valence-electron chi connectivity index (χ1n) is 8.85. The van der Waals surface area contributed by atoms with Crippen LogP contribution in [0.2, 0.25) is 0 Å². The van der Waals surface area contributed by atoms with Crippen molar-refractivity contribution >= 4 is 0 Å². The molecule has 2 aromatic rings. The van der Waals surface area contributed by atoms with E-state index in [1.54, 1.807) is 0 Å². The Balaban J connectivity index is 1.60. The summed E-state index contributed by atoms with van der Waals surface area (Å²) < 4.78 is 17.0. The zero-order chi connectivity index (χ0) is 16.8. The lowest BCUT2D eigenvalue weighted by Crippen LogP contribution is -2.14. The normalized spacial score (nSPS) is 13.9. The van der Waals surface area contributed by atoms with Crippen LogP contribution in [0.3, 0.4) is 0 Å². The molecule has 0 spiro atoms. The molecule has 0 unspecified atom stereocenters. The molecule has 0 bridgehead atoms. The summed E-state index contributed by atoms with van der Waals surface area (Å²) in [7, 11) is 0. The predicted octanol–water partition coefficient (Wildman–Crippen LogP) is 4.03. The molecule has 1 heterocycles. The average Bonchev–Trinajstić information content (AvgIpc) is 3.34. The molecule has 1 aromatic heterocycles. The number of hydrogen-bond acceptors (Lipinski definition) is 5. The zero-order valence-corrected chi connectivity index (χ0v) is 14.5. The quantitative estimate of drug-likeness (QED) is 0.713. The van der Waals surface area contributed by atoms with Gasteiger partial charge < -0.3 is 19.3 Å². The summed E-state index contributed by atoms with van der Waals surface area (Å²) >= 11 is 0. The highest BCUT2D eigenvalue weighted by molar-refractivity contribution is 5.46. The minimum atomic E-state index is 0.624. The van der Waals surface area contributed by atoms with Gasteiger partial charge in [-0.15, -0.1) is 0 Å². The van der Waals surface area contributed by atoms with Crippen molar-refractivity contribution < 1.29 is 14.0 Å². The Morgan fingerprint density at radius 1 is 1.21 bits per heavy atom. The molecule has 1 fully saturated rings. The predicted molar refractivity (Wildman–Crippen MR) is 92.4 cm³/mol. The molecule has 0 saturated heterocycles. The fraction of sp³-hybridized carbons (Fsp3) is 0.526. The van der Waals surface area contributed by atoms with Gasteiger partial charge in [0.15, 0.2) is 17.3 Å². The molecule has 130 valence electrons. The van der Waals surface area contributed by atoms with Gasteiger partial charge in [-0.1, -0.05) is 24.2 Å². The first-order chi connectivity index (χ1) is 11.8. The number of hydrogen-bond donors (Lipinski definition) is 1. The highest BCUT2D eigenvalue weighted by Gasteiger charge is 2.26. The lowest BCUT2D eigenvalue weighted by Gasteiger charge is -2.15. The molecule has 1 aromatic carbocycles. The molecule has 1 N–H and O–H groups in total. The van der Waals surface area contributed by atoms with Crippen LogP contribution in [0, 0.1) is 0 Å². The van der Waals surface area contributed by atoms with E-state index >= 15 is 0 Å². The number of benzene rings is 1. The van der Waals surface area contributed by atoms with Crippen LogP contribution in [0.25, 0.3) is 0 Å². The van der Waals surface area contributed by atoms with Crippen molar-refractivity contribution in [3.8, 4) is 11.5 Å². The molecule has 0 aliphatic heterocycles. The van der Waals surface area contributed by atoms with E-state index in [9.17, 15) is 0 Å². The highest BCUT2D eigenvalue weighted by Crippen LogP contribution is 2.39. The largest absolute Gasteiger partial charge is 0.490 e. The third-order valence-corrected chi connectivity index (χ3v) is 4.00. The molecular formula is C19H26N2O3. The van der Waals surface area contributed by atoms with Gasteiger partial charge in [0.1, 0.15) is 0 Å². The molecule has 1 saturated carbocycles. The lowest BCUT2D eigenvalue weighted by molar-refractivity contribution is 0.273. The molecule has 1 aliphatic carbocycles. The van der Waals surface area contributed by atoms with Crippen LogP contribution in [-0.4, -0.2) is 18.4 Å². The monoisotopic (exact) mass is 330 g/mol. The van der Waals surface area contributed by atoms with Crippen LogP contribution in [0.1, 0.15) is 56.0 Å². The molecule has 0 atom stereocenters. The molecule has 5 heteroatoms. The van der Waals surface area contributed by atoms with E-state index in [2.05, 4.69) is 29.5 Å². The molecule has 24 heavy (non-hydrogen) atoms. The molecule has 5 nitrogen and oxygen atoms in total. The number of rotatable bonds is 10. The van der Waals surface area contributed by atoms with Gasteiger partial charge in [0.2, 0.25) is 0 Å². The SMILES string of the molecule is CCCOc1c(CNCc2cc(C3CC3)no2)cccc1OCC. The highest BCUT2D eigenvalue weighted by atomic mass is 16.5. The number of nitrogens with zero attached hydrogens (tertiary/aromatic N) is 1. The van der Waals surface area contributed by atoms with Gasteiger partial charge in [0.25, 0.3) is 0 Å². The van der Waals surface area contributed by atoms with Gasteiger partial charge >= 0.3 is 0 Å². The average molecular weight is 330 g/mol. The molecule has 0 radical (unpaired) electrons. The van der Waals surface area contributed by atoms with Crippen molar-refractivity contribution in [3.05, 3.63) is 41.3 Å². The van der Waals surface area contributed by atoms with Gasteiger partial charge in [-0.05, 0) is 32.3 Å². The maximum Gasteiger partial charge on any atom is 0.165 e. The maximum atomic E-state index is 5.92. The molecule has 3 rings (SSSR count). The van der Waals surface area contributed by atoms with Gasteiger partial charge in [-0.25, -0.2) is 0 Å². The number of para-hydroxylation sites is 1. The third-order valence-electron chi connectivity index (χ3n) is 4.00. The van der Waals surface area contributed by atoms with E-state index in [-0.39, 0.29) is 0 Å². The van der Waals surface area contributed by atoms with E-state index in [4.69, 9.17) is 14.0 Å². The summed E-state index contributed by atoms with van der Waals surface area (Å²) in [5.74, 6) is 3.15. The van der Waals surface area contributed by atoms with Crippen molar-refractivity contribution in [2.24, 2.45) is 0 Å². The summed E-state index contributed by atoms with van der Waals surface area (Å²) in [5.41, 5.74) is 2.19. The summed E-state index contributed by atoms with van der Waals surface area (Å²) in [6.07, 6.45) is 3.44. The summed E-state index contributed by atoms with van der Waals surface area (Å²) in [5, 5.41) is 7.55. The first-order valence-corrected chi connectivity index (χ1v) is 8.85. The van der Waals surface area contributed by atoms with Crippen LogP contribution in [-0.2, 0) is 13.1 Å². The number of nitrogens with one attached hydrogen (secondary N) is 1. The Hall–Kier alpha value is -2.01. The topological polar surface area (TPSA) is 56.5 Å². The second kappa shape index (κ2) is 8.20. The van der Waals surface area contributed by atoms with Crippen molar-refractivity contribution in [2.75, 3.05) is 13.2 Å².